The lowest BCUT2D eigenvalue weighted by Gasteiger charge is -2.59. The van der Waals surface area contributed by atoms with Crippen LogP contribution in [-0.2, 0) is 44.8 Å². The van der Waals surface area contributed by atoms with Crippen LogP contribution in [-0.4, -0.2) is 53.0 Å². The number of benzene rings is 1. The number of rotatable bonds is 8. The van der Waals surface area contributed by atoms with Crippen LogP contribution in [0.4, 0.5) is 0 Å². The predicted octanol–water partition coefficient (Wildman–Crippen LogP) is 3.33. The lowest BCUT2D eigenvalue weighted by molar-refractivity contribution is -0.576. The Labute approximate surface area is 222 Å². The fourth-order valence-electron chi connectivity index (χ4n) is 6.73. The van der Waals surface area contributed by atoms with Crippen molar-refractivity contribution in [2.24, 2.45) is 23.7 Å². The molecule has 4 aliphatic heterocycles. The monoisotopic (exact) mass is 531 g/mol. The minimum Gasteiger partial charge on any atom is -0.480 e. The number of amides is 1. The van der Waals surface area contributed by atoms with E-state index in [1.165, 1.54) is 0 Å². The summed E-state index contributed by atoms with van der Waals surface area (Å²) in [5.41, 5.74) is 0.0401. The zero-order valence-corrected chi connectivity index (χ0v) is 22.1. The predicted molar refractivity (Wildman–Crippen MR) is 132 cm³/mol. The Morgan fingerprint density at radius 1 is 1.08 bits per heavy atom. The van der Waals surface area contributed by atoms with Crippen molar-refractivity contribution in [2.45, 2.75) is 95.7 Å². The van der Waals surface area contributed by atoms with Crippen molar-refractivity contribution >= 4 is 17.8 Å². The van der Waals surface area contributed by atoms with Crippen LogP contribution in [0.15, 0.2) is 30.3 Å². The highest BCUT2D eigenvalue weighted by molar-refractivity contribution is 5.86. The van der Waals surface area contributed by atoms with E-state index >= 15 is 0 Å². The molecule has 1 amide bonds. The van der Waals surface area contributed by atoms with Crippen molar-refractivity contribution in [3.05, 3.63) is 35.9 Å². The van der Waals surface area contributed by atoms with Crippen molar-refractivity contribution in [1.29, 1.82) is 0 Å². The van der Waals surface area contributed by atoms with Crippen LogP contribution in [0.5, 0.6) is 0 Å². The van der Waals surface area contributed by atoms with Crippen LogP contribution >= 0.6 is 0 Å². The van der Waals surface area contributed by atoms with Gasteiger partial charge in [0.25, 0.3) is 0 Å². The van der Waals surface area contributed by atoms with Gasteiger partial charge in [-0.15, -0.1) is 0 Å². The number of hydrogen-bond donors (Lipinski definition) is 2. The summed E-state index contributed by atoms with van der Waals surface area (Å²) in [6.07, 6.45) is 1.67. The second-order valence-corrected chi connectivity index (χ2v) is 11.4. The first-order chi connectivity index (χ1) is 18.1. The number of carbonyl (C=O) groups is 3. The van der Waals surface area contributed by atoms with Crippen LogP contribution < -0.4 is 5.32 Å². The van der Waals surface area contributed by atoms with Gasteiger partial charge in [-0.25, -0.2) is 14.6 Å². The molecule has 9 atom stereocenters. The largest absolute Gasteiger partial charge is 0.480 e. The minimum atomic E-state index is -1.14. The summed E-state index contributed by atoms with van der Waals surface area (Å²) < 4.78 is 18.2. The number of nitrogens with one attached hydrogen (secondary N) is 1. The SMILES string of the molecule is CC1CCC2C(C)C(OC(=O)CCC(=O)NC(Cc3ccccc3)C(=O)O)OC3OC4(C)CCC1C32OO4. The van der Waals surface area contributed by atoms with E-state index in [9.17, 15) is 19.5 Å². The summed E-state index contributed by atoms with van der Waals surface area (Å²) in [5.74, 6) is -2.72. The third kappa shape index (κ3) is 5.06. The quantitative estimate of drug-likeness (QED) is 0.383. The van der Waals surface area contributed by atoms with E-state index in [4.69, 9.17) is 24.0 Å². The molecule has 9 unspecified atom stereocenters. The molecule has 2 bridgehead atoms. The molecule has 4 saturated heterocycles. The van der Waals surface area contributed by atoms with Gasteiger partial charge in [-0.3, -0.25) is 9.59 Å². The molecular formula is C28H37NO9. The lowest BCUT2D eigenvalue weighted by Crippen LogP contribution is -2.70. The molecule has 208 valence electrons. The van der Waals surface area contributed by atoms with Gasteiger partial charge >= 0.3 is 11.9 Å². The molecule has 1 spiro atoms. The van der Waals surface area contributed by atoms with E-state index < -0.39 is 47.9 Å². The van der Waals surface area contributed by atoms with E-state index in [0.717, 1.165) is 24.8 Å². The van der Waals surface area contributed by atoms with Crippen molar-refractivity contribution in [3.8, 4) is 0 Å². The number of esters is 1. The van der Waals surface area contributed by atoms with Crippen LogP contribution in [0, 0.1) is 23.7 Å². The highest BCUT2D eigenvalue weighted by Gasteiger charge is 2.69. The third-order valence-corrected chi connectivity index (χ3v) is 8.82. The van der Waals surface area contributed by atoms with Crippen molar-refractivity contribution in [2.75, 3.05) is 0 Å². The fraction of sp³-hybridized carbons (Fsp3) is 0.679. The molecule has 5 aliphatic rings. The number of carbonyl (C=O) groups excluding carboxylic acids is 2. The first-order valence-electron chi connectivity index (χ1n) is 13.6. The molecule has 0 radical (unpaired) electrons. The van der Waals surface area contributed by atoms with Gasteiger partial charge in [0, 0.05) is 31.1 Å². The molecule has 4 heterocycles. The first-order valence-corrected chi connectivity index (χ1v) is 13.6. The molecule has 1 aromatic rings. The molecule has 1 aromatic carbocycles. The number of aliphatic carboxylic acids is 1. The smallest absolute Gasteiger partial charge is 0.326 e. The molecule has 0 aromatic heterocycles. The van der Waals surface area contributed by atoms with E-state index in [1.807, 2.05) is 19.9 Å². The molecule has 10 heteroatoms. The molecule has 10 nitrogen and oxygen atoms in total. The summed E-state index contributed by atoms with van der Waals surface area (Å²) in [4.78, 5) is 48.8. The zero-order valence-electron chi connectivity index (χ0n) is 22.1. The standard InChI is InChI=1S/C28H37NO9/c1-16-9-10-20-17(2)25(35-26-28(20)19(16)13-14-27(3,36-26)37-38-28)34-23(31)12-11-22(30)29-21(24(32)33)15-18-7-5-4-6-8-18/h4-8,16-17,19-21,25-26H,9-15H2,1-3H3,(H,29,30)(H,32,33). The second kappa shape index (κ2) is 10.6. The van der Waals surface area contributed by atoms with Gasteiger partial charge in [-0.1, -0.05) is 44.2 Å². The Kier molecular flexibility index (Phi) is 7.52. The maximum Gasteiger partial charge on any atom is 0.326 e. The Bertz CT molecular complexity index is 1050. The highest BCUT2D eigenvalue weighted by atomic mass is 17.3. The molecule has 2 N–H and O–H groups in total. The molecule has 38 heavy (non-hydrogen) atoms. The van der Waals surface area contributed by atoms with Crippen LogP contribution in [0.2, 0.25) is 0 Å². The molecular weight excluding hydrogens is 494 g/mol. The normalized spacial score (nSPS) is 38.4. The average Bonchev–Trinajstić information content (AvgIpc) is 3.12. The average molecular weight is 532 g/mol. The van der Waals surface area contributed by atoms with Gasteiger partial charge in [0.15, 0.2) is 11.9 Å². The highest BCUT2D eigenvalue weighted by Crippen LogP contribution is 2.60. The molecule has 6 rings (SSSR count). The number of hydrogen-bond acceptors (Lipinski definition) is 8. The topological polar surface area (TPSA) is 130 Å². The second-order valence-electron chi connectivity index (χ2n) is 11.4. The maximum atomic E-state index is 12.8. The third-order valence-electron chi connectivity index (χ3n) is 8.82. The van der Waals surface area contributed by atoms with Gasteiger partial charge < -0.3 is 24.6 Å². The van der Waals surface area contributed by atoms with Crippen LogP contribution in [0.1, 0.15) is 64.9 Å². The van der Waals surface area contributed by atoms with Gasteiger partial charge in [0.05, 0.1) is 6.42 Å². The van der Waals surface area contributed by atoms with Crippen LogP contribution in [0.3, 0.4) is 0 Å². The number of carboxylic acid groups (broad SMARTS) is 1. The summed E-state index contributed by atoms with van der Waals surface area (Å²) in [6.45, 7) is 6.05. The molecule has 1 aliphatic carbocycles. The minimum absolute atomic E-state index is 0.0144. The zero-order chi connectivity index (χ0) is 27.1. The summed E-state index contributed by atoms with van der Waals surface area (Å²) in [7, 11) is 0. The van der Waals surface area contributed by atoms with Gasteiger partial charge in [0.2, 0.25) is 18.0 Å². The van der Waals surface area contributed by atoms with Crippen molar-refractivity contribution < 1.29 is 43.5 Å². The van der Waals surface area contributed by atoms with Gasteiger partial charge in [0.1, 0.15) is 6.04 Å². The van der Waals surface area contributed by atoms with Crippen LogP contribution in [0.25, 0.3) is 0 Å². The van der Waals surface area contributed by atoms with E-state index in [0.29, 0.717) is 12.3 Å². The number of fused-ring (bicyclic) bond motifs is 2. The van der Waals surface area contributed by atoms with Gasteiger partial charge in [-0.05, 0) is 43.6 Å². The van der Waals surface area contributed by atoms with E-state index in [1.54, 1.807) is 24.3 Å². The first kappa shape index (κ1) is 27.1. The fourth-order valence-corrected chi connectivity index (χ4v) is 6.73. The van der Waals surface area contributed by atoms with E-state index in [2.05, 4.69) is 12.2 Å². The Morgan fingerprint density at radius 3 is 2.58 bits per heavy atom. The Balaban J connectivity index is 1.19. The summed E-state index contributed by atoms with van der Waals surface area (Å²) in [6, 6.07) is 7.95. The van der Waals surface area contributed by atoms with Crippen molar-refractivity contribution in [1.82, 2.24) is 5.32 Å². The Hall–Kier alpha value is -2.53. The summed E-state index contributed by atoms with van der Waals surface area (Å²) in [5, 5.41) is 12.0. The van der Waals surface area contributed by atoms with E-state index in [-0.39, 0.29) is 37.0 Å². The molecule has 1 saturated carbocycles. The number of ether oxygens (including phenoxy) is 3. The lowest BCUT2D eigenvalue weighted by atomic mass is 9.58. The summed E-state index contributed by atoms with van der Waals surface area (Å²) >= 11 is 0. The maximum absolute atomic E-state index is 12.8. The number of carboxylic acids is 1. The molecule has 5 fully saturated rings. The Morgan fingerprint density at radius 2 is 1.84 bits per heavy atom. The van der Waals surface area contributed by atoms with Gasteiger partial charge in [-0.2, -0.15) is 0 Å². The van der Waals surface area contributed by atoms with Crippen molar-refractivity contribution in [3.63, 3.8) is 0 Å².